The number of nitriles is 1. The third-order valence-corrected chi connectivity index (χ3v) is 3.71. The van der Waals surface area contributed by atoms with Crippen molar-refractivity contribution in [2.45, 2.75) is 39.2 Å². The molecule has 0 spiro atoms. The molecule has 1 heterocycles. The average Bonchev–Trinajstić information content (AvgIpc) is 3.05. The second-order valence-corrected chi connectivity index (χ2v) is 7.32. The maximum Gasteiger partial charge on any atom is 0.325 e. The Morgan fingerprint density at radius 2 is 1.93 bits per heavy atom. The van der Waals surface area contributed by atoms with Gasteiger partial charge in [0, 0.05) is 23.9 Å². The number of nitrogens with zero attached hydrogens (tertiary/aromatic N) is 1. The van der Waals surface area contributed by atoms with E-state index in [1.165, 1.54) is 0 Å². The summed E-state index contributed by atoms with van der Waals surface area (Å²) in [7, 11) is 0. The maximum atomic E-state index is 12.2. The van der Waals surface area contributed by atoms with Gasteiger partial charge in [-0.25, -0.2) is 0 Å². The zero-order valence-corrected chi connectivity index (χ0v) is 16.2. The summed E-state index contributed by atoms with van der Waals surface area (Å²) in [5.74, 6) is -1.06. The van der Waals surface area contributed by atoms with Gasteiger partial charge < -0.3 is 20.4 Å². The van der Waals surface area contributed by atoms with Crippen LogP contribution in [0.3, 0.4) is 0 Å². The number of amides is 2. The summed E-state index contributed by atoms with van der Waals surface area (Å²) >= 11 is 0. The molecular weight excluding hydrogens is 360 g/mol. The van der Waals surface area contributed by atoms with Crippen molar-refractivity contribution in [3.05, 3.63) is 35.5 Å². The molecule has 0 saturated carbocycles. The third kappa shape index (κ3) is 6.43. The van der Waals surface area contributed by atoms with E-state index in [1.807, 2.05) is 0 Å². The Balaban J connectivity index is 1.72. The van der Waals surface area contributed by atoms with E-state index < -0.39 is 11.6 Å². The van der Waals surface area contributed by atoms with E-state index in [4.69, 9.17) is 10.00 Å². The Kier molecular flexibility index (Phi) is 6.77. The first-order valence-electron chi connectivity index (χ1n) is 8.97. The number of hydrogen-bond donors (Lipinski definition) is 3. The third-order valence-electron chi connectivity index (χ3n) is 3.71. The smallest absolute Gasteiger partial charge is 0.325 e. The van der Waals surface area contributed by atoms with Gasteiger partial charge in [0.05, 0.1) is 11.6 Å². The zero-order valence-electron chi connectivity index (χ0n) is 16.2. The van der Waals surface area contributed by atoms with Crippen LogP contribution in [-0.4, -0.2) is 41.5 Å². The second-order valence-electron chi connectivity index (χ2n) is 7.32. The number of aromatic nitrogens is 1. The first kappa shape index (κ1) is 21.0. The van der Waals surface area contributed by atoms with Gasteiger partial charge in [-0.2, -0.15) is 5.26 Å². The van der Waals surface area contributed by atoms with Crippen LogP contribution in [-0.2, 0) is 14.3 Å². The highest BCUT2D eigenvalue weighted by atomic mass is 16.6. The monoisotopic (exact) mass is 384 g/mol. The predicted molar refractivity (Wildman–Crippen MR) is 103 cm³/mol. The first-order chi connectivity index (χ1) is 13.2. The van der Waals surface area contributed by atoms with Crippen LogP contribution in [0.4, 0.5) is 0 Å². The molecule has 0 radical (unpaired) electrons. The number of benzene rings is 1. The number of rotatable bonds is 7. The lowest BCUT2D eigenvalue weighted by atomic mass is 10.2. The van der Waals surface area contributed by atoms with Gasteiger partial charge in [-0.05, 0) is 51.5 Å². The molecule has 0 atom stereocenters. The molecule has 0 aliphatic carbocycles. The summed E-state index contributed by atoms with van der Waals surface area (Å²) in [5, 5.41) is 14.9. The highest BCUT2D eigenvalue weighted by Crippen LogP contribution is 2.17. The largest absolute Gasteiger partial charge is 0.459 e. The summed E-state index contributed by atoms with van der Waals surface area (Å²) in [6.45, 7) is 5.40. The molecular formula is C20H24N4O4. The molecule has 3 N–H and O–H groups in total. The molecule has 2 amide bonds. The number of carbonyl (C=O) groups excluding carboxylic acids is 3. The normalized spacial score (nSPS) is 10.9. The number of fused-ring (bicyclic) bond motifs is 1. The molecule has 2 aromatic rings. The van der Waals surface area contributed by atoms with E-state index >= 15 is 0 Å². The summed E-state index contributed by atoms with van der Waals surface area (Å²) in [5.41, 5.74) is 1.09. The summed E-state index contributed by atoms with van der Waals surface area (Å²) in [6.07, 6.45) is 0.617. The van der Waals surface area contributed by atoms with Gasteiger partial charge in [0.1, 0.15) is 17.8 Å². The summed E-state index contributed by atoms with van der Waals surface area (Å²) < 4.78 is 5.10. The van der Waals surface area contributed by atoms with Crippen molar-refractivity contribution in [3.8, 4) is 6.07 Å². The predicted octanol–water partition coefficient (Wildman–Crippen LogP) is 2.01. The quantitative estimate of drug-likeness (QED) is 0.497. The van der Waals surface area contributed by atoms with Crippen molar-refractivity contribution in [1.82, 2.24) is 15.6 Å². The second kappa shape index (κ2) is 9.04. The van der Waals surface area contributed by atoms with Gasteiger partial charge in [-0.1, -0.05) is 0 Å². The Hall–Kier alpha value is -3.34. The van der Waals surface area contributed by atoms with Crippen LogP contribution in [0.15, 0.2) is 24.3 Å². The van der Waals surface area contributed by atoms with Gasteiger partial charge >= 0.3 is 5.97 Å². The average molecular weight is 384 g/mol. The lowest BCUT2D eigenvalue weighted by Crippen LogP contribution is -2.35. The minimum absolute atomic E-state index is 0.178. The number of esters is 1. The molecule has 8 nitrogen and oxygen atoms in total. The highest BCUT2D eigenvalue weighted by molar-refractivity contribution is 5.98. The molecule has 148 valence electrons. The van der Waals surface area contributed by atoms with Crippen molar-refractivity contribution in [2.75, 3.05) is 13.1 Å². The molecule has 0 fully saturated rings. The number of hydrogen-bond acceptors (Lipinski definition) is 5. The molecule has 0 aliphatic rings. The fourth-order valence-corrected chi connectivity index (χ4v) is 2.51. The fourth-order valence-electron chi connectivity index (χ4n) is 2.51. The number of H-pyrrole nitrogens is 1. The number of carbonyl (C=O) groups is 3. The summed E-state index contributed by atoms with van der Waals surface area (Å²) in [6, 6.07) is 8.87. The Morgan fingerprint density at radius 3 is 2.61 bits per heavy atom. The van der Waals surface area contributed by atoms with E-state index in [1.54, 1.807) is 45.0 Å². The molecule has 8 heteroatoms. The van der Waals surface area contributed by atoms with Crippen LogP contribution in [0.2, 0.25) is 0 Å². The fraction of sp³-hybridized carbons (Fsp3) is 0.400. The van der Waals surface area contributed by atoms with Gasteiger partial charge in [-0.3, -0.25) is 14.4 Å². The zero-order chi connectivity index (χ0) is 20.7. The highest BCUT2D eigenvalue weighted by Gasteiger charge is 2.16. The van der Waals surface area contributed by atoms with Crippen LogP contribution < -0.4 is 10.6 Å². The molecule has 0 unspecified atom stereocenters. The van der Waals surface area contributed by atoms with Crippen molar-refractivity contribution < 1.29 is 19.1 Å². The van der Waals surface area contributed by atoms with E-state index in [9.17, 15) is 14.4 Å². The first-order valence-corrected chi connectivity index (χ1v) is 8.97. The number of nitrogens with one attached hydrogen (secondary N) is 3. The van der Waals surface area contributed by atoms with Crippen molar-refractivity contribution in [1.29, 1.82) is 5.26 Å². The SMILES string of the molecule is CC(C)(C)OC(=O)CNC(=O)CCCNC(=O)c1cc2cc(C#N)ccc2[nH]1. The lowest BCUT2D eigenvalue weighted by molar-refractivity contribution is -0.154. The summed E-state index contributed by atoms with van der Waals surface area (Å²) in [4.78, 5) is 38.5. The van der Waals surface area contributed by atoms with Crippen LogP contribution >= 0.6 is 0 Å². The molecule has 0 saturated heterocycles. The Labute approximate surface area is 163 Å². The van der Waals surface area contributed by atoms with Crippen molar-refractivity contribution >= 4 is 28.7 Å². The lowest BCUT2D eigenvalue weighted by Gasteiger charge is -2.19. The molecule has 0 bridgehead atoms. The molecule has 0 aliphatic heterocycles. The topological polar surface area (TPSA) is 124 Å². The Bertz CT molecular complexity index is 918. The van der Waals surface area contributed by atoms with Gasteiger partial charge in [0.25, 0.3) is 5.91 Å². The van der Waals surface area contributed by atoms with Crippen LogP contribution in [0.1, 0.15) is 49.7 Å². The number of aromatic amines is 1. The van der Waals surface area contributed by atoms with E-state index in [0.717, 1.165) is 10.9 Å². The molecule has 1 aromatic carbocycles. The van der Waals surface area contributed by atoms with Gasteiger partial charge in [0.2, 0.25) is 5.91 Å². The minimum atomic E-state index is -0.592. The van der Waals surface area contributed by atoms with Crippen LogP contribution in [0, 0.1) is 11.3 Å². The van der Waals surface area contributed by atoms with Gasteiger partial charge in [0.15, 0.2) is 0 Å². The standard InChI is InChI=1S/C20H24N4O4/c1-20(2,3)28-18(26)12-23-17(25)5-4-8-22-19(27)16-10-14-9-13(11-21)6-7-15(14)24-16/h6-7,9-10,24H,4-5,8,12H2,1-3H3,(H,22,27)(H,23,25). The molecule has 2 rings (SSSR count). The maximum absolute atomic E-state index is 12.2. The van der Waals surface area contributed by atoms with E-state index in [2.05, 4.69) is 21.7 Å². The number of ether oxygens (including phenoxy) is 1. The van der Waals surface area contributed by atoms with Crippen molar-refractivity contribution in [3.63, 3.8) is 0 Å². The molecule has 1 aromatic heterocycles. The van der Waals surface area contributed by atoms with Crippen molar-refractivity contribution in [2.24, 2.45) is 0 Å². The molecule has 28 heavy (non-hydrogen) atoms. The van der Waals surface area contributed by atoms with E-state index in [-0.39, 0.29) is 24.8 Å². The minimum Gasteiger partial charge on any atom is -0.459 e. The Morgan fingerprint density at radius 1 is 1.18 bits per heavy atom. The van der Waals surface area contributed by atoms with E-state index in [0.29, 0.717) is 24.2 Å². The van der Waals surface area contributed by atoms with Gasteiger partial charge in [-0.15, -0.1) is 0 Å². The van der Waals surface area contributed by atoms with Crippen LogP contribution in [0.25, 0.3) is 10.9 Å². The van der Waals surface area contributed by atoms with Crippen LogP contribution in [0.5, 0.6) is 0 Å².